The van der Waals surface area contributed by atoms with Gasteiger partial charge in [-0.3, -0.25) is 0 Å². The minimum absolute atomic E-state index is 0.554. The van der Waals surface area contributed by atoms with E-state index in [4.69, 9.17) is 32.7 Å². The molecule has 2 aromatic rings. The van der Waals surface area contributed by atoms with E-state index in [9.17, 15) is 0 Å². The van der Waals surface area contributed by atoms with Crippen molar-refractivity contribution >= 4 is 11.6 Å². The Balaban J connectivity index is 1.73. The Hall–Kier alpha value is -1.27. The van der Waals surface area contributed by atoms with Crippen molar-refractivity contribution in [1.82, 2.24) is 14.7 Å². The molecule has 1 aromatic carbocycles. The molecule has 1 aromatic heterocycles. The summed E-state index contributed by atoms with van der Waals surface area (Å²) in [6.07, 6.45) is 3.92. The van der Waals surface area contributed by atoms with Crippen molar-refractivity contribution in [3.05, 3.63) is 40.5 Å². The molecule has 0 N–H and O–H groups in total. The van der Waals surface area contributed by atoms with Gasteiger partial charge in [-0.25, -0.2) is 4.68 Å². The first kappa shape index (κ1) is 19.1. The first-order chi connectivity index (χ1) is 11.6. The normalized spacial score (nSPS) is 11.2. The molecule has 0 aliphatic rings. The minimum Gasteiger partial charge on any atom is -0.477 e. The van der Waals surface area contributed by atoms with Crippen molar-refractivity contribution in [2.24, 2.45) is 0 Å². The monoisotopic (exact) mass is 372 g/mol. The van der Waals surface area contributed by atoms with Gasteiger partial charge in [-0.1, -0.05) is 11.6 Å². The molecule has 24 heavy (non-hydrogen) atoms. The molecule has 132 valence electrons. The summed E-state index contributed by atoms with van der Waals surface area (Å²) in [5, 5.41) is 5.59. The molecule has 5 nitrogen and oxygen atoms in total. The number of ether oxygens (including phenoxy) is 2. The lowest BCUT2D eigenvalue weighted by Gasteiger charge is -2.15. The van der Waals surface area contributed by atoms with Crippen LogP contribution in [0.15, 0.2) is 30.5 Å². The lowest BCUT2D eigenvalue weighted by Crippen LogP contribution is -2.24. The molecule has 0 radical (unpaired) electrons. The van der Waals surface area contributed by atoms with E-state index in [0.717, 1.165) is 38.2 Å². The second-order valence-electron chi connectivity index (χ2n) is 5.56. The Morgan fingerprint density at radius 3 is 2.79 bits per heavy atom. The van der Waals surface area contributed by atoms with Gasteiger partial charge in [-0.05, 0) is 38.6 Å². The summed E-state index contributed by atoms with van der Waals surface area (Å²) in [5.74, 6) is 0.612. The van der Waals surface area contributed by atoms with Gasteiger partial charge in [0, 0.05) is 32.0 Å². The Bertz CT molecular complexity index is 634. The molecular weight excluding hydrogens is 349 g/mol. The Morgan fingerprint density at radius 1 is 1.21 bits per heavy atom. The number of halogens is 2. The van der Waals surface area contributed by atoms with E-state index >= 15 is 0 Å². The number of likely N-dealkylation sites (N-methyl/N-ethyl adjacent to an activating group) is 1. The number of nitrogens with zero attached hydrogens (tertiary/aromatic N) is 3. The molecule has 0 saturated heterocycles. The molecular formula is C17H24Cl2N3O2+. The number of aromatic nitrogens is 2. The van der Waals surface area contributed by atoms with Crippen molar-refractivity contribution < 1.29 is 21.1 Å². The quantitative estimate of drug-likeness (QED) is 0.601. The highest BCUT2D eigenvalue weighted by molar-refractivity contribution is 6.31. The van der Waals surface area contributed by atoms with Gasteiger partial charge in [0.1, 0.15) is 5.02 Å². The summed E-state index contributed by atoms with van der Waals surface area (Å²) in [6, 6.07) is 7.34. The fourth-order valence-corrected chi connectivity index (χ4v) is 2.48. The second-order valence-corrected chi connectivity index (χ2v) is 6.41. The van der Waals surface area contributed by atoms with Crippen LogP contribution in [-0.4, -0.2) is 55.1 Å². The third-order valence-corrected chi connectivity index (χ3v) is 4.39. The molecule has 0 fully saturated rings. The summed E-state index contributed by atoms with van der Waals surface area (Å²) in [7, 11) is 3.82. The molecule has 0 amide bonds. The van der Waals surface area contributed by atoms with Crippen LogP contribution in [0.25, 0.3) is 5.69 Å². The summed E-state index contributed by atoms with van der Waals surface area (Å²) >= 11 is 11.2. The lowest BCUT2D eigenvalue weighted by molar-refractivity contribution is -0.288. The van der Waals surface area contributed by atoms with E-state index in [1.54, 1.807) is 23.9 Å². The van der Waals surface area contributed by atoms with Crippen LogP contribution in [0.3, 0.4) is 0 Å². The molecule has 0 unspecified atom stereocenters. The third kappa shape index (κ3) is 5.98. The minimum atomic E-state index is 0.554. The maximum absolute atomic E-state index is 6.06. The zero-order chi connectivity index (χ0) is 17.4. The highest BCUT2D eigenvalue weighted by atomic mass is 35.5. The van der Waals surface area contributed by atoms with Crippen LogP contribution < -0.4 is 4.74 Å². The van der Waals surface area contributed by atoms with Crippen molar-refractivity contribution in [3.63, 3.8) is 0 Å². The van der Waals surface area contributed by atoms with E-state index in [1.165, 1.54) is 0 Å². The van der Waals surface area contributed by atoms with E-state index in [-0.39, 0.29) is 0 Å². The van der Waals surface area contributed by atoms with E-state index in [1.807, 2.05) is 18.3 Å². The van der Waals surface area contributed by atoms with Gasteiger partial charge < -0.3 is 14.4 Å². The van der Waals surface area contributed by atoms with Gasteiger partial charge in [0.15, 0.2) is 11.6 Å². The van der Waals surface area contributed by atoms with Gasteiger partial charge >= 0.3 is 0 Å². The molecule has 0 aliphatic heterocycles. The smallest absolute Gasteiger partial charge is 0.244 e. The third-order valence-electron chi connectivity index (χ3n) is 3.61. The predicted molar refractivity (Wildman–Crippen MR) is 93.2 cm³/mol. The Labute approximate surface area is 153 Å². The lowest BCUT2D eigenvalue weighted by atomic mass is 10.3. The van der Waals surface area contributed by atoms with Crippen LogP contribution in [-0.2, 0) is 4.74 Å². The van der Waals surface area contributed by atoms with Crippen LogP contribution in [0.4, 0.5) is 0 Å². The fourth-order valence-electron chi connectivity index (χ4n) is 2.18. The van der Waals surface area contributed by atoms with Crippen LogP contribution in [0.5, 0.6) is 5.88 Å². The maximum Gasteiger partial charge on any atom is 0.244 e. The highest BCUT2D eigenvalue weighted by Gasteiger charge is 2.08. The zero-order valence-electron chi connectivity index (χ0n) is 14.1. The number of benzene rings is 1. The number of unbranched alkanes of at least 4 members (excludes halogenated alkanes) is 1. The first-order valence-electron chi connectivity index (χ1n) is 7.93. The molecule has 0 aliphatic carbocycles. The highest BCUT2D eigenvalue weighted by Crippen LogP contribution is 2.21. The van der Waals surface area contributed by atoms with Crippen LogP contribution in [0.2, 0.25) is 10.0 Å². The average Bonchev–Trinajstić information content (AvgIpc) is 3.04. The number of rotatable bonds is 10. The van der Waals surface area contributed by atoms with Crippen molar-refractivity contribution in [2.75, 3.05) is 40.5 Å². The predicted octanol–water partition coefficient (Wildman–Crippen LogP) is 2.96. The fraction of sp³-hybridized carbons (Fsp3) is 0.471. The zero-order valence-corrected chi connectivity index (χ0v) is 15.6. The maximum atomic E-state index is 6.06. The van der Waals surface area contributed by atoms with Crippen LogP contribution in [0, 0.1) is 11.6 Å². The molecule has 0 atom stereocenters. The second kappa shape index (κ2) is 9.89. The van der Waals surface area contributed by atoms with E-state index < -0.39 is 0 Å². The van der Waals surface area contributed by atoms with Gasteiger partial charge in [0.25, 0.3) is 0 Å². The van der Waals surface area contributed by atoms with E-state index in [0.29, 0.717) is 22.5 Å². The largest absolute Gasteiger partial charge is 0.477 e. The molecule has 1 heterocycles. The van der Waals surface area contributed by atoms with Gasteiger partial charge in [0.2, 0.25) is 10.9 Å². The molecule has 2 rings (SSSR count). The first-order valence-corrected chi connectivity index (χ1v) is 8.71. The molecule has 0 saturated carbocycles. The number of methoxy groups -OCH3 is 1. The molecule has 7 heteroatoms. The van der Waals surface area contributed by atoms with Crippen molar-refractivity contribution in [3.8, 4) is 11.6 Å². The van der Waals surface area contributed by atoms with Gasteiger partial charge in [0.05, 0.1) is 18.9 Å². The molecule has 0 spiro atoms. The summed E-state index contributed by atoms with van der Waals surface area (Å²) < 4.78 is 12.5. The SMILES string of the molecule is COCCN(C)CCCCOc1ccn(-c2ccc([ClH+])c(Cl)c2)n1. The summed E-state index contributed by atoms with van der Waals surface area (Å²) in [4.78, 5) is 2.25. The Kier molecular flexibility index (Phi) is 7.85. The molecule has 0 bridgehead atoms. The van der Waals surface area contributed by atoms with E-state index in [2.05, 4.69) is 17.0 Å². The summed E-state index contributed by atoms with van der Waals surface area (Å²) in [6.45, 7) is 3.41. The number of hydrogen-bond donors (Lipinski definition) is 0. The van der Waals surface area contributed by atoms with Crippen molar-refractivity contribution in [2.45, 2.75) is 12.8 Å². The average molecular weight is 373 g/mol. The van der Waals surface area contributed by atoms with Gasteiger partial charge in [-0.2, -0.15) is 0 Å². The Morgan fingerprint density at radius 2 is 2.04 bits per heavy atom. The summed E-state index contributed by atoms with van der Waals surface area (Å²) in [5.41, 5.74) is 0.864. The standard InChI is InChI=1S/C17H24Cl2N3O2/c1-21(10-12-23-2)8-3-4-11-24-17-7-9-22(20-17)14-5-6-15(18)16(19)13-14/h5-7,9,13,18H,3-4,8,10-12H2,1-2H3/q+1. The van der Waals surface area contributed by atoms with Crippen LogP contribution >= 0.6 is 11.6 Å². The van der Waals surface area contributed by atoms with Crippen LogP contribution in [0.1, 0.15) is 12.8 Å². The van der Waals surface area contributed by atoms with Crippen molar-refractivity contribution in [1.29, 1.82) is 0 Å². The topological polar surface area (TPSA) is 39.5 Å². The van der Waals surface area contributed by atoms with Gasteiger partial charge in [-0.15, -0.1) is 5.10 Å². The number of hydrogen-bond acceptors (Lipinski definition) is 4.